The molecule has 0 unspecified atom stereocenters. The first-order valence-corrected chi connectivity index (χ1v) is 10.7. The number of allylic oxidation sites excluding steroid dienone is 1. The van der Waals surface area contributed by atoms with Crippen LogP contribution in [0.5, 0.6) is 11.5 Å². The Morgan fingerprint density at radius 1 is 1.24 bits per heavy atom. The van der Waals surface area contributed by atoms with Crippen LogP contribution < -0.4 is 9.47 Å². The second-order valence-corrected chi connectivity index (χ2v) is 9.58. The Balaban J connectivity index is 1.99. The van der Waals surface area contributed by atoms with Crippen molar-refractivity contribution in [2.45, 2.75) is 77.0 Å². The van der Waals surface area contributed by atoms with Crippen molar-refractivity contribution >= 4 is 17.7 Å². The molecule has 1 fully saturated rings. The van der Waals surface area contributed by atoms with E-state index in [1.54, 1.807) is 12.0 Å². The molecule has 1 heterocycles. The van der Waals surface area contributed by atoms with E-state index in [-0.39, 0.29) is 23.7 Å². The summed E-state index contributed by atoms with van der Waals surface area (Å²) in [6.45, 7) is 10.2. The van der Waals surface area contributed by atoms with Crippen LogP contribution in [0.3, 0.4) is 0 Å². The molecular weight excluding hydrogens is 390 g/mol. The molecule has 2 aliphatic rings. The van der Waals surface area contributed by atoms with Gasteiger partial charge in [0.05, 0.1) is 19.3 Å². The number of ether oxygens (including phenoxy) is 3. The van der Waals surface area contributed by atoms with Crippen LogP contribution in [0.15, 0.2) is 29.3 Å². The van der Waals surface area contributed by atoms with Gasteiger partial charge in [0.2, 0.25) is 0 Å². The fraction of sp³-hybridized carbons (Fsp3) is 0.609. The van der Waals surface area contributed by atoms with Gasteiger partial charge in [0.1, 0.15) is 5.60 Å². The molecule has 0 radical (unpaired) electrons. The van der Waals surface area contributed by atoms with Crippen LogP contribution in [0.25, 0.3) is 0 Å². The summed E-state index contributed by atoms with van der Waals surface area (Å²) in [5.74, 6) is 1.42. The van der Waals surface area contributed by atoms with Gasteiger partial charge in [0.15, 0.2) is 11.5 Å². The lowest BCUT2D eigenvalue weighted by Crippen LogP contribution is -2.48. The van der Waals surface area contributed by atoms with E-state index in [0.717, 1.165) is 30.6 Å². The van der Waals surface area contributed by atoms with E-state index in [1.165, 1.54) is 0 Å². The van der Waals surface area contributed by atoms with E-state index in [2.05, 4.69) is 6.07 Å². The third kappa shape index (κ3) is 4.35. The smallest absolute Gasteiger partial charge is 0.410 e. The number of halogens is 1. The molecule has 1 saturated heterocycles. The number of amides is 1. The average Bonchev–Trinajstić information content (AvgIpc) is 3.02. The SMILES string of the molecule is COc1cc([C@@]23CCC=C(Cl)[C@@H]2N(C(=O)OC(C)(C)C)CC3)ccc1OC(C)C. The summed E-state index contributed by atoms with van der Waals surface area (Å²) in [7, 11) is 1.65. The number of likely N-dealkylation sites (tertiary alicyclic amines) is 1. The van der Waals surface area contributed by atoms with Crippen molar-refractivity contribution < 1.29 is 19.0 Å². The number of carbonyl (C=O) groups excluding carboxylic acids is 1. The van der Waals surface area contributed by atoms with E-state index < -0.39 is 5.60 Å². The van der Waals surface area contributed by atoms with Gasteiger partial charge in [-0.2, -0.15) is 0 Å². The molecule has 6 heteroatoms. The Morgan fingerprint density at radius 2 is 1.97 bits per heavy atom. The van der Waals surface area contributed by atoms with Crippen LogP contribution in [0.4, 0.5) is 4.79 Å². The Kier molecular flexibility index (Phi) is 6.09. The maximum absolute atomic E-state index is 12.9. The third-order valence-electron chi connectivity index (χ3n) is 5.55. The number of fused-ring (bicyclic) bond motifs is 1. The maximum atomic E-state index is 12.9. The van der Waals surface area contributed by atoms with Crippen LogP contribution in [0.1, 0.15) is 59.4 Å². The number of hydrogen-bond donors (Lipinski definition) is 0. The van der Waals surface area contributed by atoms with Gasteiger partial charge in [-0.05, 0) is 71.6 Å². The highest BCUT2D eigenvalue weighted by molar-refractivity contribution is 6.30. The predicted octanol–water partition coefficient (Wildman–Crippen LogP) is 5.65. The normalized spacial score (nSPS) is 24.2. The minimum atomic E-state index is -0.549. The predicted molar refractivity (Wildman–Crippen MR) is 115 cm³/mol. The van der Waals surface area contributed by atoms with E-state index in [4.69, 9.17) is 25.8 Å². The Hall–Kier alpha value is -1.88. The van der Waals surface area contributed by atoms with Gasteiger partial charge >= 0.3 is 6.09 Å². The Morgan fingerprint density at radius 3 is 2.59 bits per heavy atom. The highest BCUT2D eigenvalue weighted by Gasteiger charge is 2.53. The van der Waals surface area contributed by atoms with Crippen molar-refractivity contribution in [1.29, 1.82) is 0 Å². The highest BCUT2D eigenvalue weighted by atomic mass is 35.5. The minimum Gasteiger partial charge on any atom is -0.493 e. The lowest BCUT2D eigenvalue weighted by molar-refractivity contribution is 0.0225. The van der Waals surface area contributed by atoms with Gasteiger partial charge in [-0.3, -0.25) is 4.90 Å². The summed E-state index contributed by atoms with van der Waals surface area (Å²) in [6.07, 6.45) is 4.39. The first-order chi connectivity index (χ1) is 13.6. The molecule has 1 aromatic carbocycles. The van der Waals surface area contributed by atoms with Crippen molar-refractivity contribution in [2.75, 3.05) is 13.7 Å². The van der Waals surface area contributed by atoms with Gasteiger partial charge in [-0.1, -0.05) is 23.7 Å². The number of carbonyl (C=O) groups is 1. The van der Waals surface area contributed by atoms with E-state index in [1.807, 2.05) is 52.8 Å². The monoisotopic (exact) mass is 421 g/mol. The second-order valence-electron chi connectivity index (χ2n) is 9.14. The second kappa shape index (κ2) is 8.10. The topological polar surface area (TPSA) is 48.0 Å². The fourth-order valence-electron chi connectivity index (χ4n) is 4.43. The van der Waals surface area contributed by atoms with Crippen LogP contribution in [-0.2, 0) is 10.2 Å². The van der Waals surface area contributed by atoms with Crippen molar-refractivity contribution in [2.24, 2.45) is 0 Å². The van der Waals surface area contributed by atoms with Crippen molar-refractivity contribution in [3.63, 3.8) is 0 Å². The standard InChI is InChI=1S/C23H32ClNO4/c1-15(2)28-18-10-9-16(14-19(18)27-6)23-11-7-8-17(24)20(23)25(13-12-23)21(26)29-22(3,4)5/h8-10,14-15,20H,7,11-13H2,1-6H3/t20-,23-/m0/s1. The van der Waals surface area contributed by atoms with Gasteiger partial charge in [0.25, 0.3) is 0 Å². The molecule has 1 aliphatic heterocycles. The van der Waals surface area contributed by atoms with Gasteiger partial charge < -0.3 is 14.2 Å². The van der Waals surface area contributed by atoms with E-state index in [0.29, 0.717) is 17.3 Å². The molecule has 0 saturated carbocycles. The summed E-state index contributed by atoms with van der Waals surface area (Å²) in [4.78, 5) is 14.7. The fourth-order valence-corrected chi connectivity index (χ4v) is 4.87. The van der Waals surface area contributed by atoms with Gasteiger partial charge in [-0.15, -0.1) is 0 Å². The lowest BCUT2D eigenvalue weighted by Gasteiger charge is -2.41. The molecule has 0 aromatic heterocycles. The Bertz CT molecular complexity index is 799. The van der Waals surface area contributed by atoms with E-state index >= 15 is 0 Å². The van der Waals surface area contributed by atoms with Crippen LogP contribution in [0.2, 0.25) is 0 Å². The average molecular weight is 422 g/mol. The van der Waals surface area contributed by atoms with E-state index in [9.17, 15) is 4.79 Å². The molecule has 3 rings (SSSR count). The first-order valence-electron chi connectivity index (χ1n) is 10.3. The number of methoxy groups -OCH3 is 1. The summed E-state index contributed by atoms with van der Waals surface area (Å²) < 4.78 is 17.2. The minimum absolute atomic E-state index is 0.0573. The summed E-state index contributed by atoms with van der Waals surface area (Å²) in [5, 5.41) is 0.709. The summed E-state index contributed by atoms with van der Waals surface area (Å²) in [5.41, 5.74) is 0.311. The first kappa shape index (κ1) is 21.8. The molecule has 5 nitrogen and oxygen atoms in total. The molecule has 0 bridgehead atoms. The van der Waals surface area contributed by atoms with Crippen LogP contribution in [0, 0.1) is 0 Å². The molecule has 29 heavy (non-hydrogen) atoms. The molecule has 160 valence electrons. The molecule has 0 N–H and O–H groups in total. The molecule has 0 spiro atoms. The molecule has 1 aliphatic carbocycles. The largest absolute Gasteiger partial charge is 0.493 e. The summed E-state index contributed by atoms with van der Waals surface area (Å²) >= 11 is 6.70. The molecule has 1 amide bonds. The highest BCUT2D eigenvalue weighted by Crippen LogP contribution is 2.51. The quantitative estimate of drug-likeness (QED) is 0.630. The summed E-state index contributed by atoms with van der Waals surface area (Å²) in [6, 6.07) is 5.86. The van der Waals surface area contributed by atoms with Crippen molar-refractivity contribution in [1.82, 2.24) is 4.90 Å². The molecule has 1 aromatic rings. The van der Waals surface area contributed by atoms with Crippen molar-refractivity contribution in [3.05, 3.63) is 34.9 Å². The third-order valence-corrected chi connectivity index (χ3v) is 5.92. The lowest BCUT2D eigenvalue weighted by atomic mass is 9.68. The zero-order valence-corrected chi connectivity index (χ0v) is 19.0. The number of benzene rings is 1. The Labute approximate surface area is 178 Å². The number of nitrogens with zero attached hydrogens (tertiary/aromatic N) is 1. The van der Waals surface area contributed by atoms with Crippen LogP contribution in [-0.4, -0.2) is 42.4 Å². The number of hydrogen-bond acceptors (Lipinski definition) is 4. The molecule has 2 atom stereocenters. The van der Waals surface area contributed by atoms with Gasteiger partial charge in [-0.25, -0.2) is 4.79 Å². The zero-order valence-electron chi connectivity index (χ0n) is 18.3. The molecular formula is C23H32ClNO4. The maximum Gasteiger partial charge on any atom is 0.410 e. The zero-order chi connectivity index (χ0) is 21.4. The van der Waals surface area contributed by atoms with Crippen LogP contribution >= 0.6 is 11.6 Å². The van der Waals surface area contributed by atoms with Crippen molar-refractivity contribution in [3.8, 4) is 11.5 Å². The number of rotatable bonds is 4. The van der Waals surface area contributed by atoms with Gasteiger partial charge in [0, 0.05) is 17.0 Å².